The summed E-state index contributed by atoms with van der Waals surface area (Å²) in [6.07, 6.45) is 3.29. The Morgan fingerprint density at radius 1 is 1.33 bits per heavy atom. The van der Waals surface area contributed by atoms with Crippen LogP contribution in [-0.2, 0) is 17.1 Å². The van der Waals surface area contributed by atoms with Crippen LogP contribution in [0.2, 0.25) is 5.02 Å². The number of nitrogens with one attached hydrogen (secondary N) is 1. The molecule has 1 atom stereocenters. The molecule has 8 heteroatoms. The van der Waals surface area contributed by atoms with Gasteiger partial charge in [-0.15, -0.1) is 0 Å². The summed E-state index contributed by atoms with van der Waals surface area (Å²) in [5.41, 5.74) is 3.55. The zero-order valence-corrected chi connectivity index (χ0v) is 16.8. The number of fused-ring (bicyclic) bond motifs is 1. The second-order valence-corrected chi connectivity index (χ2v) is 8.78. The number of hydrogen-bond donors (Lipinski definition) is 1. The summed E-state index contributed by atoms with van der Waals surface area (Å²) in [4.78, 5) is 4.26. The lowest BCUT2D eigenvalue weighted by atomic mass is 10.0. The van der Waals surface area contributed by atoms with Crippen LogP contribution in [0.25, 0.3) is 22.2 Å². The lowest BCUT2D eigenvalue weighted by Crippen LogP contribution is -2.28. The smallest absolute Gasteiger partial charge is 0.211 e. The Bertz CT molecular complexity index is 1160. The minimum absolute atomic E-state index is 0.00694. The van der Waals surface area contributed by atoms with Crippen LogP contribution < -0.4 is 4.72 Å². The van der Waals surface area contributed by atoms with Crippen molar-refractivity contribution in [2.75, 3.05) is 5.75 Å². The maximum Gasteiger partial charge on any atom is 0.211 e. The number of aromatic nitrogens is 2. The molecule has 0 amide bonds. The predicted octanol–water partition coefficient (Wildman–Crippen LogP) is 3.77. The van der Waals surface area contributed by atoms with Gasteiger partial charge in [0.05, 0.1) is 22.5 Å². The van der Waals surface area contributed by atoms with Crippen molar-refractivity contribution in [3.8, 4) is 17.3 Å². The highest BCUT2D eigenvalue weighted by molar-refractivity contribution is 7.89. The highest BCUT2D eigenvalue weighted by Gasteiger charge is 2.19. The van der Waals surface area contributed by atoms with Crippen LogP contribution in [-0.4, -0.2) is 23.7 Å². The molecule has 0 bridgehead atoms. The zero-order chi connectivity index (χ0) is 19.8. The molecule has 0 aliphatic heterocycles. The molecule has 1 N–H and O–H groups in total. The molecule has 0 aliphatic rings. The number of pyridine rings is 1. The van der Waals surface area contributed by atoms with Crippen molar-refractivity contribution in [1.29, 1.82) is 5.26 Å². The third-order valence-electron chi connectivity index (χ3n) is 4.54. The number of aryl methyl sites for hydroxylation is 1. The zero-order valence-electron chi connectivity index (χ0n) is 15.2. The van der Waals surface area contributed by atoms with Crippen molar-refractivity contribution in [1.82, 2.24) is 14.3 Å². The number of halogens is 1. The minimum Gasteiger partial charge on any atom is -0.342 e. The molecule has 0 unspecified atom stereocenters. The monoisotopic (exact) mass is 402 g/mol. The van der Waals surface area contributed by atoms with Gasteiger partial charge in [0.1, 0.15) is 6.07 Å². The molecular formula is C19H19ClN4O2S. The predicted molar refractivity (Wildman–Crippen MR) is 107 cm³/mol. The van der Waals surface area contributed by atoms with E-state index in [9.17, 15) is 13.7 Å². The van der Waals surface area contributed by atoms with Crippen molar-refractivity contribution in [3.05, 3.63) is 52.8 Å². The number of benzene rings is 1. The van der Waals surface area contributed by atoms with Crippen LogP contribution in [0, 0.1) is 11.3 Å². The van der Waals surface area contributed by atoms with Crippen LogP contribution in [0.3, 0.4) is 0 Å². The average Bonchev–Trinajstić information content (AvgIpc) is 2.93. The van der Waals surface area contributed by atoms with Gasteiger partial charge in [0, 0.05) is 41.5 Å². The minimum atomic E-state index is -3.34. The SMILES string of the molecule is CCS(=O)(=O)N[C@@H](C)c1cncc(-c2c(C#N)c3ccc(Cl)cc3n2C)c1. The Labute approximate surface area is 163 Å². The molecule has 3 rings (SSSR count). The van der Waals surface area contributed by atoms with E-state index in [1.807, 2.05) is 29.8 Å². The standard InChI is InChI=1S/C19H19ClN4O2S/c1-4-27(25,26)23-12(2)13-7-14(11-22-10-13)19-17(9-21)16-6-5-15(20)8-18(16)24(19)3/h5-8,10-12,23H,4H2,1-3H3/t12-/m0/s1. The van der Waals surface area contributed by atoms with Crippen LogP contribution in [0.15, 0.2) is 36.7 Å². The number of nitrogens with zero attached hydrogens (tertiary/aromatic N) is 3. The van der Waals surface area contributed by atoms with Crippen molar-refractivity contribution in [2.24, 2.45) is 7.05 Å². The number of nitriles is 1. The van der Waals surface area contributed by atoms with Gasteiger partial charge in [-0.05, 0) is 43.7 Å². The Balaban J connectivity index is 2.13. The fraction of sp³-hybridized carbons (Fsp3) is 0.263. The van der Waals surface area contributed by atoms with Crippen molar-refractivity contribution >= 4 is 32.5 Å². The van der Waals surface area contributed by atoms with Gasteiger partial charge < -0.3 is 4.57 Å². The topological polar surface area (TPSA) is 87.8 Å². The van der Waals surface area contributed by atoms with E-state index in [2.05, 4.69) is 15.8 Å². The summed E-state index contributed by atoms with van der Waals surface area (Å²) in [5, 5.41) is 11.1. The second-order valence-electron chi connectivity index (χ2n) is 6.31. The third kappa shape index (κ3) is 3.69. The third-order valence-corrected chi connectivity index (χ3v) is 6.25. The first-order valence-electron chi connectivity index (χ1n) is 8.40. The highest BCUT2D eigenvalue weighted by Crippen LogP contribution is 2.34. The molecule has 2 aromatic heterocycles. The Morgan fingerprint density at radius 2 is 2.07 bits per heavy atom. The summed E-state index contributed by atoms with van der Waals surface area (Å²) in [5.74, 6) is 0.00694. The van der Waals surface area contributed by atoms with E-state index in [1.165, 1.54) is 0 Å². The second kappa shape index (κ2) is 7.31. The van der Waals surface area contributed by atoms with Crippen LogP contribution in [0.1, 0.15) is 31.0 Å². The summed E-state index contributed by atoms with van der Waals surface area (Å²) in [6, 6.07) is 9.09. The summed E-state index contributed by atoms with van der Waals surface area (Å²) < 4.78 is 28.2. The van der Waals surface area contributed by atoms with Crippen molar-refractivity contribution in [3.63, 3.8) is 0 Å². The highest BCUT2D eigenvalue weighted by atomic mass is 35.5. The Hall–Kier alpha value is -2.40. The summed E-state index contributed by atoms with van der Waals surface area (Å²) >= 11 is 6.11. The maximum absolute atomic E-state index is 11.9. The molecule has 27 heavy (non-hydrogen) atoms. The Morgan fingerprint density at radius 3 is 2.74 bits per heavy atom. The van der Waals surface area contributed by atoms with Gasteiger partial charge in [-0.3, -0.25) is 4.98 Å². The van der Waals surface area contributed by atoms with E-state index in [-0.39, 0.29) is 5.75 Å². The van der Waals surface area contributed by atoms with E-state index < -0.39 is 16.1 Å². The van der Waals surface area contributed by atoms with E-state index in [0.29, 0.717) is 10.6 Å². The summed E-state index contributed by atoms with van der Waals surface area (Å²) in [7, 11) is -1.47. The molecule has 0 saturated heterocycles. The molecule has 6 nitrogen and oxygen atoms in total. The number of hydrogen-bond acceptors (Lipinski definition) is 4. The average molecular weight is 403 g/mol. The van der Waals surface area contributed by atoms with E-state index >= 15 is 0 Å². The fourth-order valence-corrected chi connectivity index (χ4v) is 4.11. The van der Waals surface area contributed by atoms with Gasteiger partial charge in [-0.25, -0.2) is 13.1 Å². The van der Waals surface area contributed by atoms with Gasteiger partial charge >= 0.3 is 0 Å². The van der Waals surface area contributed by atoms with Gasteiger partial charge in [0.15, 0.2) is 0 Å². The maximum atomic E-state index is 11.9. The molecule has 0 aliphatic carbocycles. The van der Waals surface area contributed by atoms with E-state index in [4.69, 9.17) is 11.6 Å². The first-order chi connectivity index (χ1) is 12.8. The Kier molecular flexibility index (Phi) is 5.24. The van der Waals surface area contributed by atoms with Crippen molar-refractivity contribution in [2.45, 2.75) is 19.9 Å². The fourth-order valence-electron chi connectivity index (χ4n) is 3.11. The lowest BCUT2D eigenvalue weighted by molar-refractivity contribution is 0.568. The molecule has 3 aromatic rings. The van der Waals surface area contributed by atoms with Gasteiger partial charge in [0.2, 0.25) is 10.0 Å². The van der Waals surface area contributed by atoms with Gasteiger partial charge in [-0.1, -0.05) is 11.6 Å². The molecule has 0 fully saturated rings. The summed E-state index contributed by atoms with van der Waals surface area (Å²) in [6.45, 7) is 3.35. The number of rotatable bonds is 5. The molecule has 0 spiro atoms. The molecule has 0 saturated carbocycles. The quantitative estimate of drug-likeness (QED) is 0.703. The van der Waals surface area contributed by atoms with Crippen LogP contribution in [0.5, 0.6) is 0 Å². The van der Waals surface area contributed by atoms with Gasteiger partial charge in [-0.2, -0.15) is 5.26 Å². The molecular weight excluding hydrogens is 384 g/mol. The molecule has 2 heterocycles. The first kappa shape index (κ1) is 19.4. The molecule has 140 valence electrons. The first-order valence-corrected chi connectivity index (χ1v) is 10.4. The molecule has 0 radical (unpaired) electrons. The van der Waals surface area contributed by atoms with E-state index in [0.717, 1.165) is 27.7 Å². The van der Waals surface area contributed by atoms with E-state index in [1.54, 1.807) is 32.3 Å². The van der Waals surface area contributed by atoms with Crippen LogP contribution >= 0.6 is 11.6 Å². The normalized spacial score (nSPS) is 12.9. The van der Waals surface area contributed by atoms with Gasteiger partial charge in [0.25, 0.3) is 0 Å². The largest absolute Gasteiger partial charge is 0.342 e. The van der Waals surface area contributed by atoms with Crippen LogP contribution in [0.4, 0.5) is 0 Å². The number of sulfonamides is 1. The van der Waals surface area contributed by atoms with Crippen molar-refractivity contribution < 1.29 is 8.42 Å². The lowest BCUT2D eigenvalue weighted by Gasteiger charge is -2.15. The molecule has 1 aromatic carbocycles.